The molecule has 1 unspecified atom stereocenters. The number of carbonyl (C=O) groups excluding carboxylic acids is 1. The first-order chi connectivity index (χ1) is 13.6. The Balaban J connectivity index is 1.45. The van der Waals surface area contributed by atoms with E-state index in [1.54, 1.807) is 11.1 Å². The van der Waals surface area contributed by atoms with E-state index in [2.05, 4.69) is 40.3 Å². The van der Waals surface area contributed by atoms with Crippen molar-refractivity contribution < 1.29 is 4.79 Å². The Morgan fingerprint density at radius 2 is 2.11 bits per heavy atom. The van der Waals surface area contributed by atoms with Gasteiger partial charge in [0.1, 0.15) is 11.7 Å². The predicted molar refractivity (Wildman–Crippen MR) is 109 cm³/mol. The second kappa shape index (κ2) is 7.77. The van der Waals surface area contributed by atoms with Gasteiger partial charge in [0.15, 0.2) is 5.82 Å². The lowest BCUT2D eigenvalue weighted by Gasteiger charge is -2.36. The topological polar surface area (TPSA) is 79.2 Å². The van der Waals surface area contributed by atoms with Crippen LogP contribution in [0.25, 0.3) is 0 Å². The molecule has 4 rings (SSSR count). The molecule has 0 aliphatic carbocycles. The van der Waals surface area contributed by atoms with E-state index in [0.29, 0.717) is 18.4 Å². The molecule has 1 saturated heterocycles. The zero-order valence-electron chi connectivity index (χ0n) is 16.9. The summed E-state index contributed by atoms with van der Waals surface area (Å²) < 4.78 is 2.03. The lowest BCUT2D eigenvalue weighted by molar-refractivity contribution is -0.119. The summed E-state index contributed by atoms with van der Waals surface area (Å²) in [6.07, 6.45) is 9.98. The van der Waals surface area contributed by atoms with Gasteiger partial charge in [-0.3, -0.25) is 9.48 Å². The molecule has 0 spiro atoms. The van der Waals surface area contributed by atoms with Gasteiger partial charge in [-0.2, -0.15) is 10.1 Å². The smallest absolute Gasteiger partial charge is 0.249 e. The van der Waals surface area contributed by atoms with Gasteiger partial charge in [0.2, 0.25) is 11.9 Å². The van der Waals surface area contributed by atoms with Gasteiger partial charge in [-0.25, -0.2) is 4.98 Å². The van der Waals surface area contributed by atoms with Crippen LogP contribution in [0.1, 0.15) is 45.1 Å². The molecular formula is C20H29N7O. The summed E-state index contributed by atoms with van der Waals surface area (Å²) in [5.74, 6) is 2.24. The molecule has 4 heterocycles. The number of aromatic nitrogens is 4. The number of likely N-dealkylation sites (N-methyl/N-ethyl adjacent to an activating group) is 1. The van der Waals surface area contributed by atoms with Crippen LogP contribution in [-0.2, 0) is 17.9 Å². The first kappa shape index (κ1) is 18.7. The first-order valence-corrected chi connectivity index (χ1v) is 10.3. The normalized spacial score (nSPS) is 18.6. The van der Waals surface area contributed by atoms with E-state index in [4.69, 9.17) is 4.98 Å². The van der Waals surface area contributed by atoms with Gasteiger partial charge in [-0.05, 0) is 18.8 Å². The molecule has 0 bridgehead atoms. The average molecular weight is 384 g/mol. The minimum Gasteiger partial charge on any atom is -0.350 e. The SMILES string of the molecule is CCC(CC)Cn1cc(CNc2ncc3c(n2)N2CCCC2C(=O)N3C)cn1. The van der Waals surface area contributed by atoms with Crippen molar-refractivity contribution in [2.45, 2.75) is 58.7 Å². The highest BCUT2D eigenvalue weighted by Crippen LogP contribution is 2.37. The summed E-state index contributed by atoms with van der Waals surface area (Å²) in [6.45, 7) is 6.91. The maximum atomic E-state index is 12.5. The number of amides is 1. The molecule has 0 aromatic carbocycles. The lowest BCUT2D eigenvalue weighted by Crippen LogP contribution is -2.49. The zero-order chi connectivity index (χ0) is 19.7. The van der Waals surface area contributed by atoms with E-state index in [1.807, 2.05) is 17.9 Å². The number of anilines is 3. The third-order valence-electron chi connectivity index (χ3n) is 5.99. The minimum atomic E-state index is -0.0800. The number of hydrogen-bond acceptors (Lipinski definition) is 6. The Hall–Kier alpha value is -2.64. The Kier molecular flexibility index (Phi) is 5.19. The highest BCUT2D eigenvalue weighted by atomic mass is 16.2. The lowest BCUT2D eigenvalue weighted by atomic mass is 10.0. The molecule has 0 radical (unpaired) electrons. The van der Waals surface area contributed by atoms with Gasteiger partial charge in [0.25, 0.3) is 0 Å². The third kappa shape index (κ3) is 3.43. The largest absolute Gasteiger partial charge is 0.350 e. The van der Waals surface area contributed by atoms with Crippen LogP contribution in [0.2, 0.25) is 0 Å². The molecule has 1 amide bonds. The number of carbonyl (C=O) groups is 1. The summed E-state index contributed by atoms with van der Waals surface area (Å²) in [4.78, 5) is 25.4. The van der Waals surface area contributed by atoms with Crippen molar-refractivity contribution in [2.24, 2.45) is 5.92 Å². The van der Waals surface area contributed by atoms with Crippen LogP contribution in [0.5, 0.6) is 0 Å². The van der Waals surface area contributed by atoms with Gasteiger partial charge in [0.05, 0.1) is 12.4 Å². The van der Waals surface area contributed by atoms with Crippen LogP contribution < -0.4 is 15.1 Å². The monoisotopic (exact) mass is 383 g/mol. The summed E-state index contributed by atoms with van der Waals surface area (Å²) in [7, 11) is 1.81. The average Bonchev–Trinajstić information content (AvgIpc) is 3.38. The van der Waals surface area contributed by atoms with Gasteiger partial charge in [-0.1, -0.05) is 26.7 Å². The molecule has 150 valence electrons. The van der Waals surface area contributed by atoms with Crippen molar-refractivity contribution in [2.75, 3.05) is 28.7 Å². The van der Waals surface area contributed by atoms with E-state index >= 15 is 0 Å². The Morgan fingerprint density at radius 1 is 1.29 bits per heavy atom. The fraction of sp³-hybridized carbons (Fsp3) is 0.600. The van der Waals surface area contributed by atoms with Crippen LogP contribution >= 0.6 is 0 Å². The predicted octanol–water partition coefficient (Wildman–Crippen LogP) is 2.67. The van der Waals surface area contributed by atoms with Crippen LogP contribution in [-0.4, -0.2) is 45.3 Å². The molecule has 28 heavy (non-hydrogen) atoms. The number of nitrogens with zero attached hydrogens (tertiary/aromatic N) is 6. The van der Waals surface area contributed by atoms with E-state index < -0.39 is 0 Å². The quantitative estimate of drug-likeness (QED) is 0.792. The van der Waals surface area contributed by atoms with Crippen LogP contribution in [0.4, 0.5) is 17.5 Å². The van der Waals surface area contributed by atoms with E-state index in [0.717, 1.165) is 43.0 Å². The molecule has 2 aliphatic heterocycles. The maximum Gasteiger partial charge on any atom is 0.249 e. The van der Waals surface area contributed by atoms with E-state index in [9.17, 15) is 4.79 Å². The minimum absolute atomic E-state index is 0.0800. The molecule has 0 saturated carbocycles. The number of fused-ring (bicyclic) bond motifs is 3. The van der Waals surface area contributed by atoms with Gasteiger partial charge >= 0.3 is 0 Å². The third-order valence-corrected chi connectivity index (χ3v) is 5.99. The Morgan fingerprint density at radius 3 is 2.89 bits per heavy atom. The van der Waals surface area contributed by atoms with Crippen molar-refractivity contribution >= 4 is 23.4 Å². The molecule has 2 aromatic heterocycles. The van der Waals surface area contributed by atoms with Crippen molar-refractivity contribution in [1.29, 1.82) is 0 Å². The van der Waals surface area contributed by atoms with Crippen molar-refractivity contribution in [3.05, 3.63) is 24.2 Å². The van der Waals surface area contributed by atoms with Crippen molar-refractivity contribution in [3.63, 3.8) is 0 Å². The highest BCUT2D eigenvalue weighted by molar-refractivity contribution is 6.04. The molecule has 2 aromatic rings. The fourth-order valence-corrected chi connectivity index (χ4v) is 4.11. The first-order valence-electron chi connectivity index (χ1n) is 10.3. The highest BCUT2D eigenvalue weighted by Gasteiger charge is 2.40. The summed E-state index contributed by atoms with van der Waals surface area (Å²) >= 11 is 0. The summed E-state index contributed by atoms with van der Waals surface area (Å²) in [5, 5.41) is 7.79. The number of rotatable bonds is 7. The number of hydrogen-bond donors (Lipinski definition) is 1. The second-order valence-electron chi connectivity index (χ2n) is 7.76. The number of nitrogens with one attached hydrogen (secondary N) is 1. The Labute approximate surface area is 165 Å². The van der Waals surface area contributed by atoms with Crippen molar-refractivity contribution in [3.8, 4) is 0 Å². The standard InChI is InChI=1S/C20H29N7O/c1-4-14(5-2)12-26-13-15(10-23-26)9-21-20-22-11-17-18(24-20)27-8-6-7-16(27)19(28)25(17)3/h10-11,13-14,16H,4-9,12H2,1-3H3,(H,21,22,24). The summed E-state index contributed by atoms with van der Waals surface area (Å²) in [6, 6.07) is -0.0800. The fourth-order valence-electron chi connectivity index (χ4n) is 4.11. The second-order valence-corrected chi connectivity index (χ2v) is 7.76. The molecule has 2 aliphatic rings. The Bertz CT molecular complexity index is 845. The molecule has 8 nitrogen and oxygen atoms in total. The molecule has 1 fully saturated rings. The van der Waals surface area contributed by atoms with Gasteiger partial charge < -0.3 is 15.1 Å². The van der Waals surface area contributed by atoms with Crippen LogP contribution in [0, 0.1) is 5.92 Å². The molecule has 1 N–H and O–H groups in total. The maximum absolute atomic E-state index is 12.5. The van der Waals surface area contributed by atoms with Gasteiger partial charge in [-0.15, -0.1) is 0 Å². The van der Waals surface area contributed by atoms with Crippen molar-refractivity contribution in [1.82, 2.24) is 19.7 Å². The van der Waals surface area contributed by atoms with E-state index in [1.165, 1.54) is 12.8 Å². The molecule has 8 heteroatoms. The van der Waals surface area contributed by atoms with Crippen LogP contribution in [0.15, 0.2) is 18.6 Å². The molecular weight excluding hydrogens is 354 g/mol. The molecule has 1 atom stereocenters. The van der Waals surface area contributed by atoms with Gasteiger partial charge in [0, 0.05) is 38.4 Å². The van der Waals surface area contributed by atoms with Crippen LogP contribution in [0.3, 0.4) is 0 Å². The zero-order valence-corrected chi connectivity index (χ0v) is 16.9. The summed E-state index contributed by atoms with van der Waals surface area (Å²) in [5.41, 5.74) is 1.89. The van der Waals surface area contributed by atoms with E-state index in [-0.39, 0.29) is 11.9 Å².